The molecule has 2 aromatic rings. The standard InChI is InChI=1S/C17H19NO4/c1-10-3-5-13(15(20)7-10)18-17(22)11(2)8-12-4-6-14(19)16(21)9-12/h3-7,9,11,19-21H,8H2,1-2H3,(H,18,22). The Kier molecular flexibility index (Phi) is 4.56. The van der Waals surface area contributed by atoms with Crippen molar-refractivity contribution in [3.8, 4) is 17.2 Å². The zero-order chi connectivity index (χ0) is 16.3. The maximum Gasteiger partial charge on any atom is 0.227 e. The molecule has 1 atom stereocenters. The molecule has 0 radical (unpaired) electrons. The number of carbonyl (C=O) groups is 1. The fraction of sp³-hybridized carbons (Fsp3) is 0.235. The molecule has 0 saturated carbocycles. The first-order valence-corrected chi connectivity index (χ1v) is 6.98. The molecule has 0 spiro atoms. The number of aryl methyl sites for hydroxylation is 1. The van der Waals surface area contributed by atoms with Crippen molar-refractivity contribution in [3.05, 3.63) is 47.5 Å². The molecule has 22 heavy (non-hydrogen) atoms. The van der Waals surface area contributed by atoms with Gasteiger partial charge in [0.2, 0.25) is 5.91 Å². The summed E-state index contributed by atoms with van der Waals surface area (Å²) in [6.07, 6.45) is 0.409. The molecule has 0 aliphatic carbocycles. The minimum Gasteiger partial charge on any atom is -0.506 e. The highest BCUT2D eigenvalue weighted by Gasteiger charge is 2.16. The molecule has 0 aliphatic heterocycles. The average molecular weight is 301 g/mol. The van der Waals surface area contributed by atoms with E-state index in [1.165, 1.54) is 12.1 Å². The summed E-state index contributed by atoms with van der Waals surface area (Å²) in [7, 11) is 0. The van der Waals surface area contributed by atoms with Crippen LogP contribution in [0.15, 0.2) is 36.4 Å². The van der Waals surface area contributed by atoms with E-state index in [-0.39, 0.29) is 29.1 Å². The van der Waals surface area contributed by atoms with Gasteiger partial charge in [-0.05, 0) is 48.7 Å². The Hall–Kier alpha value is -2.69. The van der Waals surface area contributed by atoms with Gasteiger partial charge in [0.05, 0.1) is 5.69 Å². The molecule has 0 aliphatic rings. The number of benzene rings is 2. The van der Waals surface area contributed by atoms with Crippen molar-refractivity contribution < 1.29 is 20.1 Å². The van der Waals surface area contributed by atoms with Crippen molar-refractivity contribution in [2.45, 2.75) is 20.3 Å². The molecule has 0 bridgehead atoms. The van der Waals surface area contributed by atoms with Gasteiger partial charge in [-0.1, -0.05) is 19.1 Å². The van der Waals surface area contributed by atoms with E-state index in [9.17, 15) is 20.1 Å². The highest BCUT2D eigenvalue weighted by atomic mass is 16.3. The number of amides is 1. The lowest BCUT2D eigenvalue weighted by atomic mass is 10.00. The summed E-state index contributed by atoms with van der Waals surface area (Å²) in [5, 5.41) is 31.2. The summed E-state index contributed by atoms with van der Waals surface area (Å²) >= 11 is 0. The number of phenols is 3. The van der Waals surface area contributed by atoms with Crippen LogP contribution >= 0.6 is 0 Å². The number of phenolic OH excluding ortho intramolecular Hbond substituents is 3. The van der Waals surface area contributed by atoms with Gasteiger partial charge in [-0.2, -0.15) is 0 Å². The van der Waals surface area contributed by atoms with Crippen LogP contribution in [0.4, 0.5) is 5.69 Å². The smallest absolute Gasteiger partial charge is 0.227 e. The number of rotatable bonds is 4. The van der Waals surface area contributed by atoms with E-state index in [0.29, 0.717) is 12.1 Å². The molecule has 2 aromatic carbocycles. The van der Waals surface area contributed by atoms with Gasteiger partial charge in [-0.3, -0.25) is 4.79 Å². The quantitative estimate of drug-likeness (QED) is 0.654. The number of anilines is 1. The number of carbonyl (C=O) groups excluding carboxylic acids is 1. The third kappa shape index (κ3) is 3.69. The van der Waals surface area contributed by atoms with Crippen molar-refractivity contribution in [1.29, 1.82) is 0 Å². The molecule has 0 fully saturated rings. The monoisotopic (exact) mass is 301 g/mol. The first-order valence-electron chi connectivity index (χ1n) is 6.98. The highest BCUT2D eigenvalue weighted by molar-refractivity contribution is 5.93. The maximum absolute atomic E-state index is 12.2. The predicted molar refractivity (Wildman–Crippen MR) is 84.1 cm³/mol. The second-order valence-corrected chi connectivity index (χ2v) is 5.44. The van der Waals surface area contributed by atoms with Crippen LogP contribution in [0.1, 0.15) is 18.1 Å². The Morgan fingerprint density at radius 1 is 1.05 bits per heavy atom. The summed E-state index contributed by atoms with van der Waals surface area (Å²) in [5.74, 6) is -0.953. The summed E-state index contributed by atoms with van der Waals surface area (Å²) < 4.78 is 0. The third-order valence-corrected chi connectivity index (χ3v) is 3.44. The molecule has 5 heteroatoms. The van der Waals surface area contributed by atoms with Crippen LogP contribution in [-0.2, 0) is 11.2 Å². The summed E-state index contributed by atoms with van der Waals surface area (Å²) in [6, 6.07) is 9.52. The summed E-state index contributed by atoms with van der Waals surface area (Å²) in [4.78, 5) is 12.2. The predicted octanol–water partition coefficient (Wildman–Crippen LogP) is 2.93. The molecular weight excluding hydrogens is 282 g/mol. The lowest BCUT2D eigenvalue weighted by molar-refractivity contribution is -0.119. The van der Waals surface area contributed by atoms with Crippen LogP contribution in [0.2, 0.25) is 0 Å². The molecule has 4 N–H and O–H groups in total. The first kappa shape index (κ1) is 15.7. The van der Waals surface area contributed by atoms with Gasteiger partial charge in [0.15, 0.2) is 11.5 Å². The van der Waals surface area contributed by atoms with Gasteiger partial charge in [0, 0.05) is 5.92 Å². The van der Waals surface area contributed by atoms with Crippen molar-refractivity contribution in [2.75, 3.05) is 5.32 Å². The van der Waals surface area contributed by atoms with Crippen molar-refractivity contribution in [1.82, 2.24) is 0 Å². The molecule has 1 amide bonds. The number of aromatic hydroxyl groups is 3. The van der Waals surface area contributed by atoms with Gasteiger partial charge in [0.1, 0.15) is 5.75 Å². The Morgan fingerprint density at radius 2 is 1.77 bits per heavy atom. The lowest BCUT2D eigenvalue weighted by Gasteiger charge is -2.14. The Morgan fingerprint density at radius 3 is 2.41 bits per heavy atom. The van der Waals surface area contributed by atoms with E-state index in [0.717, 1.165) is 11.1 Å². The molecule has 1 unspecified atom stereocenters. The zero-order valence-electron chi connectivity index (χ0n) is 12.5. The van der Waals surface area contributed by atoms with Crippen LogP contribution in [-0.4, -0.2) is 21.2 Å². The normalized spacial score (nSPS) is 11.9. The van der Waals surface area contributed by atoms with Crippen LogP contribution in [0, 0.1) is 12.8 Å². The molecular formula is C17H19NO4. The first-order chi connectivity index (χ1) is 10.4. The SMILES string of the molecule is Cc1ccc(NC(=O)C(C)Cc2ccc(O)c(O)c2)c(O)c1. The molecule has 116 valence electrons. The fourth-order valence-electron chi connectivity index (χ4n) is 2.15. The highest BCUT2D eigenvalue weighted by Crippen LogP contribution is 2.27. The van der Waals surface area contributed by atoms with E-state index in [1.54, 1.807) is 31.2 Å². The summed E-state index contributed by atoms with van der Waals surface area (Å²) in [5.41, 5.74) is 2.02. The number of nitrogens with one attached hydrogen (secondary N) is 1. The zero-order valence-corrected chi connectivity index (χ0v) is 12.5. The number of hydrogen-bond acceptors (Lipinski definition) is 4. The molecule has 5 nitrogen and oxygen atoms in total. The molecule has 0 heterocycles. The van der Waals surface area contributed by atoms with Crippen molar-refractivity contribution >= 4 is 11.6 Å². The fourth-order valence-corrected chi connectivity index (χ4v) is 2.15. The topological polar surface area (TPSA) is 89.8 Å². The van der Waals surface area contributed by atoms with Gasteiger partial charge >= 0.3 is 0 Å². The maximum atomic E-state index is 12.2. The van der Waals surface area contributed by atoms with E-state index in [1.807, 2.05) is 6.92 Å². The minimum absolute atomic E-state index is 0.0304. The van der Waals surface area contributed by atoms with E-state index in [2.05, 4.69) is 5.32 Å². The minimum atomic E-state index is -0.357. The second kappa shape index (κ2) is 6.39. The molecule has 0 aromatic heterocycles. The molecule has 2 rings (SSSR count). The van der Waals surface area contributed by atoms with Gasteiger partial charge in [-0.25, -0.2) is 0 Å². The van der Waals surface area contributed by atoms with Gasteiger partial charge in [-0.15, -0.1) is 0 Å². The van der Waals surface area contributed by atoms with Crippen LogP contribution < -0.4 is 5.32 Å². The van der Waals surface area contributed by atoms with Gasteiger partial charge in [0.25, 0.3) is 0 Å². The largest absolute Gasteiger partial charge is 0.506 e. The summed E-state index contributed by atoms with van der Waals surface area (Å²) in [6.45, 7) is 3.61. The Labute approximate surface area is 128 Å². The molecule has 0 saturated heterocycles. The van der Waals surface area contributed by atoms with E-state index in [4.69, 9.17) is 0 Å². The lowest BCUT2D eigenvalue weighted by Crippen LogP contribution is -2.22. The van der Waals surface area contributed by atoms with E-state index >= 15 is 0 Å². The Balaban J connectivity index is 2.04. The number of hydrogen-bond donors (Lipinski definition) is 4. The van der Waals surface area contributed by atoms with Crippen molar-refractivity contribution in [3.63, 3.8) is 0 Å². The Bertz CT molecular complexity index is 697. The third-order valence-electron chi connectivity index (χ3n) is 3.44. The van der Waals surface area contributed by atoms with Crippen LogP contribution in [0.5, 0.6) is 17.2 Å². The van der Waals surface area contributed by atoms with Gasteiger partial charge < -0.3 is 20.6 Å². The van der Waals surface area contributed by atoms with Crippen LogP contribution in [0.25, 0.3) is 0 Å². The van der Waals surface area contributed by atoms with Crippen molar-refractivity contribution in [2.24, 2.45) is 5.92 Å². The van der Waals surface area contributed by atoms with E-state index < -0.39 is 0 Å². The average Bonchev–Trinajstić information content (AvgIpc) is 2.45. The van der Waals surface area contributed by atoms with Crippen LogP contribution in [0.3, 0.4) is 0 Å². The second-order valence-electron chi connectivity index (χ2n) is 5.44.